The number of esters is 1. The average molecular weight is 374 g/mol. The van der Waals surface area contributed by atoms with Crippen molar-refractivity contribution in [2.45, 2.75) is 25.0 Å². The van der Waals surface area contributed by atoms with Crippen LogP contribution in [0.5, 0.6) is 0 Å². The Labute approximate surface area is 157 Å². The molecule has 0 aliphatic carbocycles. The fraction of sp³-hybridized carbons (Fsp3) is 0.300. The third kappa shape index (κ3) is 4.42. The molecule has 1 aliphatic rings. The average Bonchev–Trinajstić information content (AvgIpc) is 3.06. The van der Waals surface area contributed by atoms with E-state index >= 15 is 0 Å². The molecule has 0 saturated heterocycles. The molecule has 1 unspecified atom stereocenters. The highest BCUT2D eigenvalue weighted by Crippen LogP contribution is 2.30. The van der Waals surface area contributed by atoms with Crippen LogP contribution < -0.4 is 0 Å². The zero-order valence-electron chi connectivity index (χ0n) is 14.5. The molecule has 0 aromatic heterocycles. The van der Waals surface area contributed by atoms with E-state index in [-0.39, 0.29) is 6.61 Å². The van der Waals surface area contributed by atoms with Crippen molar-refractivity contribution in [3.8, 4) is 0 Å². The summed E-state index contributed by atoms with van der Waals surface area (Å²) in [5, 5.41) is 4.73. The third-order valence-corrected chi connectivity index (χ3v) is 4.39. The summed E-state index contributed by atoms with van der Waals surface area (Å²) in [6.07, 6.45) is 0.728. The third-order valence-electron chi connectivity index (χ3n) is 4.16. The predicted molar refractivity (Wildman–Crippen MR) is 99.1 cm³/mol. The molecule has 3 rings (SSSR count). The zero-order chi connectivity index (χ0) is 18.4. The monoisotopic (exact) mass is 373 g/mol. The van der Waals surface area contributed by atoms with E-state index in [4.69, 9.17) is 25.9 Å². The van der Waals surface area contributed by atoms with Crippen molar-refractivity contribution in [1.29, 1.82) is 0 Å². The molecule has 1 heterocycles. The van der Waals surface area contributed by atoms with Gasteiger partial charge in [-0.25, -0.2) is 4.79 Å². The molecule has 0 spiro atoms. The summed E-state index contributed by atoms with van der Waals surface area (Å²) in [5.74, 6) is -0.435. The lowest BCUT2D eigenvalue weighted by Crippen LogP contribution is -2.42. The molecule has 0 amide bonds. The molecule has 1 aliphatic heterocycles. The molecule has 6 heteroatoms. The van der Waals surface area contributed by atoms with Gasteiger partial charge < -0.3 is 14.3 Å². The van der Waals surface area contributed by atoms with E-state index in [0.717, 1.165) is 11.1 Å². The van der Waals surface area contributed by atoms with Crippen LogP contribution in [-0.2, 0) is 32.1 Å². The van der Waals surface area contributed by atoms with Gasteiger partial charge in [-0.15, -0.1) is 0 Å². The summed E-state index contributed by atoms with van der Waals surface area (Å²) >= 11 is 5.97. The van der Waals surface area contributed by atoms with Gasteiger partial charge in [0, 0.05) is 17.9 Å². The molecule has 26 heavy (non-hydrogen) atoms. The number of hydrogen-bond donors (Lipinski definition) is 0. The van der Waals surface area contributed by atoms with Crippen molar-refractivity contribution >= 4 is 23.3 Å². The van der Waals surface area contributed by atoms with E-state index in [1.807, 2.05) is 54.6 Å². The first kappa shape index (κ1) is 18.4. The Morgan fingerprint density at radius 2 is 1.92 bits per heavy atom. The number of nitrogens with zero attached hydrogens (tertiary/aromatic N) is 1. The molecule has 2 aromatic rings. The second-order valence-corrected chi connectivity index (χ2v) is 6.63. The summed E-state index contributed by atoms with van der Waals surface area (Å²) < 4.78 is 10.6. The topological polar surface area (TPSA) is 57.1 Å². The van der Waals surface area contributed by atoms with Gasteiger partial charge in [0.15, 0.2) is 0 Å². The highest BCUT2D eigenvalue weighted by atomic mass is 35.5. The van der Waals surface area contributed by atoms with Crippen LogP contribution in [-0.4, -0.2) is 31.0 Å². The molecule has 136 valence electrons. The van der Waals surface area contributed by atoms with Gasteiger partial charge in [-0.3, -0.25) is 0 Å². The lowest BCUT2D eigenvalue weighted by atomic mass is 9.90. The molecule has 0 N–H and O–H groups in total. The molecule has 5 nitrogen and oxygen atoms in total. The molecular formula is C20H20ClNO4. The van der Waals surface area contributed by atoms with E-state index in [0.29, 0.717) is 30.2 Å². The fourth-order valence-electron chi connectivity index (χ4n) is 2.92. The van der Waals surface area contributed by atoms with E-state index in [1.165, 1.54) is 7.11 Å². The predicted octanol–water partition coefficient (Wildman–Crippen LogP) is 3.79. The molecular weight excluding hydrogens is 354 g/mol. The van der Waals surface area contributed by atoms with Crippen molar-refractivity contribution < 1.29 is 19.1 Å². The maximum absolute atomic E-state index is 12.3. The standard InChI is InChI=1S/C20H20ClNO4/c1-24-19(23)20(11-15-6-3-2-4-7-15)12-18(22-26-20)14-25-13-16-8-5-9-17(21)10-16/h2-10H,11-14H2,1H3. The lowest BCUT2D eigenvalue weighted by Gasteiger charge is -2.23. The fourth-order valence-corrected chi connectivity index (χ4v) is 3.14. The molecule has 1 atom stereocenters. The molecule has 2 aromatic carbocycles. The number of benzene rings is 2. The molecule has 0 radical (unpaired) electrons. The van der Waals surface area contributed by atoms with Gasteiger partial charge in [-0.1, -0.05) is 59.2 Å². The number of ether oxygens (including phenoxy) is 2. The lowest BCUT2D eigenvalue weighted by molar-refractivity contribution is -0.166. The van der Waals surface area contributed by atoms with Crippen LogP contribution in [0.15, 0.2) is 59.8 Å². The maximum Gasteiger partial charge on any atom is 0.353 e. The van der Waals surface area contributed by atoms with Gasteiger partial charge in [-0.05, 0) is 23.3 Å². The van der Waals surface area contributed by atoms with Crippen LogP contribution in [0.4, 0.5) is 0 Å². The van der Waals surface area contributed by atoms with E-state index in [1.54, 1.807) is 0 Å². The smallest absolute Gasteiger partial charge is 0.353 e. The Kier molecular flexibility index (Phi) is 5.91. The van der Waals surface area contributed by atoms with Crippen molar-refractivity contribution in [2.24, 2.45) is 5.16 Å². The van der Waals surface area contributed by atoms with Gasteiger partial charge in [0.25, 0.3) is 0 Å². The normalized spacial score (nSPS) is 18.9. The minimum atomic E-state index is -1.13. The second-order valence-electron chi connectivity index (χ2n) is 6.20. The van der Waals surface area contributed by atoms with E-state index in [9.17, 15) is 4.79 Å². The van der Waals surface area contributed by atoms with Crippen LogP contribution >= 0.6 is 11.6 Å². The summed E-state index contributed by atoms with van der Waals surface area (Å²) in [4.78, 5) is 17.9. The SMILES string of the molecule is COC(=O)C1(Cc2ccccc2)CC(COCc2cccc(Cl)c2)=NO1. The Morgan fingerprint density at radius 1 is 1.15 bits per heavy atom. The van der Waals surface area contributed by atoms with E-state index < -0.39 is 11.6 Å². The minimum absolute atomic E-state index is 0.278. The zero-order valence-corrected chi connectivity index (χ0v) is 15.2. The number of hydrogen-bond acceptors (Lipinski definition) is 5. The number of rotatable bonds is 7. The van der Waals surface area contributed by atoms with Gasteiger partial charge in [0.05, 0.1) is 26.0 Å². The van der Waals surface area contributed by atoms with E-state index in [2.05, 4.69) is 5.16 Å². The summed E-state index contributed by atoms with van der Waals surface area (Å²) in [7, 11) is 1.35. The van der Waals surface area contributed by atoms with Gasteiger partial charge in [0.2, 0.25) is 5.60 Å². The van der Waals surface area contributed by atoms with Crippen molar-refractivity contribution in [2.75, 3.05) is 13.7 Å². The Balaban J connectivity index is 1.60. The van der Waals surface area contributed by atoms with Gasteiger partial charge >= 0.3 is 5.97 Å². The number of carbonyl (C=O) groups is 1. The van der Waals surface area contributed by atoms with Crippen LogP contribution in [0, 0.1) is 0 Å². The van der Waals surface area contributed by atoms with Crippen LogP contribution in [0.2, 0.25) is 5.02 Å². The number of carbonyl (C=O) groups excluding carboxylic acids is 1. The van der Waals surface area contributed by atoms with Gasteiger partial charge in [0.1, 0.15) is 0 Å². The van der Waals surface area contributed by atoms with Crippen LogP contribution in [0.1, 0.15) is 17.5 Å². The highest BCUT2D eigenvalue weighted by Gasteiger charge is 2.47. The second kappa shape index (κ2) is 8.34. The molecule has 0 fully saturated rings. The van der Waals surface area contributed by atoms with Crippen LogP contribution in [0.25, 0.3) is 0 Å². The Hall–Kier alpha value is -2.37. The maximum atomic E-state index is 12.3. The quantitative estimate of drug-likeness (QED) is 0.693. The van der Waals surface area contributed by atoms with Crippen LogP contribution in [0.3, 0.4) is 0 Å². The summed E-state index contributed by atoms with van der Waals surface area (Å²) in [6.45, 7) is 0.684. The summed E-state index contributed by atoms with van der Waals surface area (Å²) in [5.41, 5.74) is 1.49. The summed E-state index contributed by atoms with van der Waals surface area (Å²) in [6, 6.07) is 17.1. The van der Waals surface area contributed by atoms with Gasteiger partial charge in [-0.2, -0.15) is 0 Å². The Morgan fingerprint density at radius 3 is 2.65 bits per heavy atom. The number of methoxy groups -OCH3 is 1. The highest BCUT2D eigenvalue weighted by molar-refractivity contribution is 6.30. The largest absolute Gasteiger partial charge is 0.466 e. The molecule has 0 saturated carbocycles. The minimum Gasteiger partial charge on any atom is -0.466 e. The van der Waals surface area contributed by atoms with Crippen molar-refractivity contribution in [3.63, 3.8) is 0 Å². The Bertz CT molecular complexity index is 793. The number of oxime groups is 1. The first-order chi connectivity index (χ1) is 12.6. The molecule has 0 bridgehead atoms. The number of halogens is 1. The van der Waals surface area contributed by atoms with Crippen molar-refractivity contribution in [1.82, 2.24) is 0 Å². The van der Waals surface area contributed by atoms with Crippen molar-refractivity contribution in [3.05, 3.63) is 70.7 Å². The first-order valence-corrected chi connectivity index (χ1v) is 8.67. The first-order valence-electron chi connectivity index (χ1n) is 8.30.